The van der Waals surface area contributed by atoms with Crippen molar-refractivity contribution >= 4 is 33.3 Å². The molecular formula is C20H26N6O2S. The second-order valence-electron chi connectivity index (χ2n) is 7.06. The number of anilines is 1. The summed E-state index contributed by atoms with van der Waals surface area (Å²) in [6.07, 6.45) is 9.96. The van der Waals surface area contributed by atoms with E-state index in [-0.39, 0.29) is 5.91 Å². The fourth-order valence-corrected chi connectivity index (χ4v) is 4.45. The normalized spacial score (nSPS) is 14.5. The minimum absolute atomic E-state index is 0.226. The zero-order chi connectivity index (χ0) is 20.1. The Morgan fingerprint density at radius 2 is 2.07 bits per heavy atom. The molecule has 0 N–H and O–H groups in total. The first-order valence-corrected chi connectivity index (χ1v) is 10.9. The molecule has 1 aliphatic rings. The maximum atomic E-state index is 12.5. The lowest BCUT2D eigenvalue weighted by Crippen LogP contribution is -2.49. The Bertz CT molecular complexity index is 934. The minimum atomic E-state index is 0.226. The van der Waals surface area contributed by atoms with E-state index < -0.39 is 0 Å². The molecule has 8 nitrogen and oxygen atoms in total. The third-order valence-corrected chi connectivity index (χ3v) is 6.33. The summed E-state index contributed by atoms with van der Waals surface area (Å²) in [5.74, 6) is 1.22. The highest BCUT2D eigenvalue weighted by Crippen LogP contribution is 2.30. The second-order valence-corrected chi connectivity index (χ2v) is 8.18. The van der Waals surface area contributed by atoms with Crippen molar-refractivity contribution in [2.75, 3.05) is 37.7 Å². The molecule has 0 bridgehead atoms. The maximum Gasteiger partial charge on any atom is 0.222 e. The van der Waals surface area contributed by atoms with E-state index in [4.69, 9.17) is 4.84 Å². The van der Waals surface area contributed by atoms with Crippen LogP contribution in [0.15, 0.2) is 31.1 Å². The van der Waals surface area contributed by atoms with Crippen LogP contribution in [-0.2, 0) is 11.2 Å². The second kappa shape index (κ2) is 9.21. The number of nitrogens with zero attached hydrogens (tertiary/aromatic N) is 6. The Balaban J connectivity index is 1.24. The van der Waals surface area contributed by atoms with Gasteiger partial charge in [0.2, 0.25) is 5.91 Å². The summed E-state index contributed by atoms with van der Waals surface area (Å²) in [6, 6.07) is 2.21. The first kappa shape index (κ1) is 19.6. The molecule has 4 heterocycles. The molecule has 4 rings (SSSR count). The minimum Gasteiger partial charge on any atom is -0.413 e. The van der Waals surface area contributed by atoms with Crippen molar-refractivity contribution in [2.45, 2.75) is 32.6 Å². The number of rotatable bonds is 8. The van der Waals surface area contributed by atoms with Crippen molar-refractivity contribution in [2.24, 2.45) is 0 Å². The lowest BCUT2D eigenvalue weighted by Gasteiger charge is -2.35. The first-order valence-electron chi connectivity index (χ1n) is 10.1. The highest BCUT2D eigenvalue weighted by molar-refractivity contribution is 7.18. The van der Waals surface area contributed by atoms with Gasteiger partial charge in [-0.05, 0) is 25.3 Å². The van der Waals surface area contributed by atoms with E-state index in [9.17, 15) is 4.79 Å². The fraction of sp³-hybridized carbons (Fsp3) is 0.500. The lowest BCUT2D eigenvalue weighted by atomic mass is 10.2. The van der Waals surface area contributed by atoms with Crippen LogP contribution in [-0.4, -0.2) is 63.3 Å². The van der Waals surface area contributed by atoms with E-state index in [1.807, 2.05) is 4.90 Å². The Labute approximate surface area is 174 Å². The van der Waals surface area contributed by atoms with Crippen molar-refractivity contribution in [1.29, 1.82) is 0 Å². The molecular weight excluding hydrogens is 388 g/mol. The summed E-state index contributed by atoms with van der Waals surface area (Å²) in [7, 11) is 0. The fourth-order valence-electron chi connectivity index (χ4n) is 3.52. The van der Waals surface area contributed by atoms with Crippen molar-refractivity contribution in [3.63, 3.8) is 0 Å². The molecule has 0 aromatic carbocycles. The molecule has 0 radical (unpaired) electrons. The molecule has 0 aliphatic carbocycles. The molecule has 1 amide bonds. The van der Waals surface area contributed by atoms with Crippen LogP contribution in [0.5, 0.6) is 0 Å². The highest BCUT2D eigenvalue weighted by Gasteiger charge is 2.23. The molecule has 1 fully saturated rings. The number of piperazine rings is 1. The molecule has 0 unspecified atom stereocenters. The van der Waals surface area contributed by atoms with Crippen LogP contribution in [0.2, 0.25) is 0 Å². The van der Waals surface area contributed by atoms with E-state index in [1.54, 1.807) is 41.1 Å². The zero-order valence-electron chi connectivity index (χ0n) is 16.7. The number of thiophene rings is 1. The molecule has 0 spiro atoms. The number of hydrogen-bond acceptors (Lipinski definition) is 7. The smallest absolute Gasteiger partial charge is 0.222 e. The van der Waals surface area contributed by atoms with Gasteiger partial charge in [-0.1, -0.05) is 6.92 Å². The monoisotopic (exact) mass is 414 g/mol. The number of aromatic nitrogens is 4. The molecule has 154 valence electrons. The summed E-state index contributed by atoms with van der Waals surface area (Å²) in [6.45, 7) is 5.83. The molecule has 3 aromatic rings. The third kappa shape index (κ3) is 4.67. The van der Waals surface area contributed by atoms with Gasteiger partial charge in [-0.2, -0.15) is 4.73 Å². The average molecular weight is 415 g/mol. The molecule has 0 atom stereocenters. The van der Waals surface area contributed by atoms with Crippen molar-refractivity contribution in [3.8, 4) is 0 Å². The van der Waals surface area contributed by atoms with Crippen molar-refractivity contribution < 1.29 is 9.63 Å². The van der Waals surface area contributed by atoms with Gasteiger partial charge in [-0.15, -0.1) is 11.3 Å². The van der Waals surface area contributed by atoms with Gasteiger partial charge in [0.1, 0.15) is 29.9 Å². The number of imidazole rings is 1. The summed E-state index contributed by atoms with van der Waals surface area (Å²) in [4.78, 5) is 37.5. The summed E-state index contributed by atoms with van der Waals surface area (Å²) in [5.41, 5.74) is 0. The largest absolute Gasteiger partial charge is 0.413 e. The first-order chi connectivity index (χ1) is 14.2. The van der Waals surface area contributed by atoms with E-state index in [1.165, 1.54) is 4.88 Å². The SMILES string of the molecule is CCc1cc2c(N3CCN(C(=O)CCCCOn4ccnc4)CC3)ncnc2s1. The standard InChI is InChI=1S/C20H26N6O2S/c1-2-16-13-17-19(22-14-23-20(17)29-16)25-10-8-24(9-11-25)18(27)5-3-4-12-28-26-7-6-21-15-26/h6-7,13-15H,2-5,8-12H2,1H3. The number of fused-ring (bicyclic) bond motifs is 1. The van der Waals surface area contributed by atoms with Crippen molar-refractivity contribution in [3.05, 3.63) is 36.0 Å². The van der Waals surface area contributed by atoms with Gasteiger partial charge in [0.15, 0.2) is 0 Å². The number of amides is 1. The predicted octanol–water partition coefficient (Wildman–Crippen LogP) is 2.40. The lowest BCUT2D eigenvalue weighted by molar-refractivity contribution is -0.131. The zero-order valence-corrected chi connectivity index (χ0v) is 17.5. The van der Waals surface area contributed by atoms with Gasteiger partial charge >= 0.3 is 0 Å². The maximum absolute atomic E-state index is 12.5. The average Bonchev–Trinajstić information content (AvgIpc) is 3.42. The van der Waals surface area contributed by atoms with Gasteiger partial charge in [-0.3, -0.25) is 4.79 Å². The number of unbranched alkanes of at least 4 members (excludes halogenated alkanes) is 1. The Morgan fingerprint density at radius 3 is 2.83 bits per heavy atom. The topological polar surface area (TPSA) is 76.4 Å². The highest BCUT2D eigenvalue weighted by atomic mass is 32.1. The summed E-state index contributed by atoms with van der Waals surface area (Å²) < 4.78 is 1.59. The molecule has 3 aromatic heterocycles. The molecule has 0 saturated carbocycles. The van der Waals surface area contributed by atoms with Crippen molar-refractivity contribution in [1.82, 2.24) is 24.6 Å². The van der Waals surface area contributed by atoms with Gasteiger partial charge in [-0.25, -0.2) is 15.0 Å². The van der Waals surface area contributed by atoms with E-state index in [0.717, 1.165) is 61.5 Å². The number of carbonyl (C=O) groups is 1. The van der Waals surface area contributed by atoms with E-state index in [0.29, 0.717) is 13.0 Å². The quantitative estimate of drug-likeness (QED) is 0.527. The van der Waals surface area contributed by atoms with Crippen LogP contribution in [0.1, 0.15) is 31.1 Å². The van der Waals surface area contributed by atoms with Gasteiger partial charge < -0.3 is 14.6 Å². The summed E-state index contributed by atoms with van der Waals surface area (Å²) >= 11 is 1.74. The number of carbonyl (C=O) groups excluding carboxylic acids is 1. The molecule has 1 aliphatic heterocycles. The van der Waals surface area contributed by atoms with Gasteiger partial charge in [0.05, 0.1) is 11.6 Å². The Morgan fingerprint density at radius 1 is 1.21 bits per heavy atom. The summed E-state index contributed by atoms with van der Waals surface area (Å²) in [5, 5.41) is 1.13. The Hall–Kier alpha value is -2.68. The van der Waals surface area contributed by atoms with Gasteiger partial charge in [0, 0.05) is 43.7 Å². The number of hydrogen-bond donors (Lipinski definition) is 0. The van der Waals surface area contributed by atoms with Crippen LogP contribution >= 0.6 is 11.3 Å². The van der Waals surface area contributed by atoms with Crippen LogP contribution in [0, 0.1) is 0 Å². The van der Waals surface area contributed by atoms with Crippen LogP contribution in [0.25, 0.3) is 10.2 Å². The van der Waals surface area contributed by atoms with Crippen LogP contribution < -0.4 is 9.74 Å². The molecule has 9 heteroatoms. The molecule has 29 heavy (non-hydrogen) atoms. The third-order valence-electron chi connectivity index (χ3n) is 5.15. The predicted molar refractivity (Wildman–Crippen MR) is 113 cm³/mol. The van der Waals surface area contributed by atoms with Crippen LogP contribution in [0.3, 0.4) is 0 Å². The van der Waals surface area contributed by atoms with E-state index in [2.05, 4.69) is 32.8 Å². The van der Waals surface area contributed by atoms with E-state index >= 15 is 0 Å². The molecule has 1 saturated heterocycles. The Kier molecular flexibility index (Phi) is 6.24. The van der Waals surface area contributed by atoms with Gasteiger partial charge in [0.25, 0.3) is 0 Å². The van der Waals surface area contributed by atoms with Crippen LogP contribution in [0.4, 0.5) is 5.82 Å². The number of aryl methyl sites for hydroxylation is 1.